The van der Waals surface area contributed by atoms with Gasteiger partial charge in [-0.1, -0.05) is 6.08 Å². The third-order valence-corrected chi connectivity index (χ3v) is 2.20. The Morgan fingerprint density at radius 2 is 2.55 bits per heavy atom. The van der Waals surface area contributed by atoms with Crippen LogP contribution in [0, 0.1) is 0 Å². The van der Waals surface area contributed by atoms with E-state index in [0.29, 0.717) is 6.04 Å². The topological polar surface area (TPSA) is 24.9 Å². The van der Waals surface area contributed by atoms with E-state index in [0.717, 1.165) is 0 Å². The Balaban J connectivity index is 2.48. The second-order valence-corrected chi connectivity index (χ2v) is 3.26. The van der Waals surface area contributed by atoms with Gasteiger partial charge in [0.15, 0.2) is 0 Å². The Hall–Kier alpha value is -0.670. The maximum absolute atomic E-state index is 3.97. The molecule has 0 fully saturated rings. The first-order chi connectivity index (χ1) is 5.33. The van der Waals surface area contributed by atoms with Gasteiger partial charge in [0.25, 0.3) is 0 Å². The van der Waals surface area contributed by atoms with Gasteiger partial charge in [0, 0.05) is 17.1 Å². The van der Waals surface area contributed by atoms with Crippen molar-refractivity contribution in [2.24, 2.45) is 0 Å². The maximum Gasteiger partial charge on any atom is 0.0797 e. The van der Waals surface area contributed by atoms with Crippen LogP contribution in [-0.2, 0) is 0 Å². The summed E-state index contributed by atoms with van der Waals surface area (Å²) in [4.78, 5) is 5.17. The fourth-order valence-corrected chi connectivity index (χ4v) is 1.17. The molecule has 0 aliphatic heterocycles. The molecule has 0 saturated carbocycles. The molecule has 0 radical (unpaired) electrons. The Labute approximate surface area is 71.0 Å². The molecule has 0 aliphatic rings. The van der Waals surface area contributed by atoms with E-state index in [9.17, 15) is 0 Å². The molecule has 1 N–H and O–H groups in total. The van der Waals surface area contributed by atoms with Gasteiger partial charge in [-0.3, -0.25) is 4.98 Å². The molecule has 0 spiro atoms. The number of thiazole rings is 1. The van der Waals surface area contributed by atoms with Gasteiger partial charge in [0.1, 0.15) is 0 Å². The Kier molecular flexibility index (Phi) is 3.26. The van der Waals surface area contributed by atoms with Crippen molar-refractivity contribution in [1.82, 2.24) is 10.3 Å². The molecule has 1 unspecified atom stereocenters. The summed E-state index contributed by atoms with van der Waals surface area (Å²) in [6.45, 7) is 2.11. The number of aromatic nitrogens is 1. The highest BCUT2D eigenvalue weighted by Gasteiger charge is 1.90. The van der Waals surface area contributed by atoms with E-state index >= 15 is 0 Å². The summed E-state index contributed by atoms with van der Waals surface area (Å²) in [5, 5.41) is 3.12. The van der Waals surface area contributed by atoms with Gasteiger partial charge in [0.2, 0.25) is 0 Å². The molecule has 0 aromatic carbocycles. The van der Waals surface area contributed by atoms with E-state index in [1.807, 2.05) is 18.8 Å². The van der Waals surface area contributed by atoms with Crippen molar-refractivity contribution in [3.63, 3.8) is 0 Å². The predicted molar refractivity (Wildman–Crippen MR) is 49.7 cm³/mol. The highest BCUT2D eigenvalue weighted by atomic mass is 32.1. The summed E-state index contributed by atoms with van der Waals surface area (Å²) in [6, 6.07) is 0.428. The van der Waals surface area contributed by atoms with Crippen LogP contribution in [0.5, 0.6) is 0 Å². The monoisotopic (exact) mass is 168 g/mol. The lowest BCUT2D eigenvalue weighted by molar-refractivity contribution is 0.732. The maximum atomic E-state index is 3.97. The minimum Gasteiger partial charge on any atom is -0.314 e. The molecule has 3 heteroatoms. The zero-order chi connectivity index (χ0) is 8.10. The van der Waals surface area contributed by atoms with Crippen molar-refractivity contribution in [3.05, 3.63) is 22.7 Å². The molecule has 1 aromatic heterocycles. The molecule has 1 heterocycles. The van der Waals surface area contributed by atoms with Crippen LogP contribution in [0.4, 0.5) is 0 Å². The van der Waals surface area contributed by atoms with Gasteiger partial charge >= 0.3 is 0 Å². The number of rotatable bonds is 3. The van der Waals surface area contributed by atoms with E-state index in [1.54, 1.807) is 11.3 Å². The molecule has 0 aliphatic carbocycles. The summed E-state index contributed by atoms with van der Waals surface area (Å²) in [5.74, 6) is 0. The number of likely N-dealkylation sites (N-methyl/N-ethyl adjacent to an activating group) is 1. The third-order valence-electron chi connectivity index (χ3n) is 1.46. The van der Waals surface area contributed by atoms with E-state index in [4.69, 9.17) is 0 Å². The van der Waals surface area contributed by atoms with Crippen LogP contribution < -0.4 is 5.32 Å². The van der Waals surface area contributed by atoms with Crippen LogP contribution >= 0.6 is 11.3 Å². The van der Waals surface area contributed by atoms with Crippen LogP contribution in [0.3, 0.4) is 0 Å². The highest BCUT2D eigenvalue weighted by Crippen LogP contribution is 2.07. The summed E-state index contributed by atoms with van der Waals surface area (Å²) >= 11 is 1.65. The van der Waals surface area contributed by atoms with Gasteiger partial charge in [0.05, 0.1) is 5.51 Å². The predicted octanol–water partition coefficient (Wildman–Crippen LogP) is 1.76. The summed E-state index contributed by atoms with van der Waals surface area (Å²) in [6.07, 6.45) is 6.07. The van der Waals surface area contributed by atoms with Crippen LogP contribution in [0.1, 0.15) is 11.8 Å². The second kappa shape index (κ2) is 4.26. The van der Waals surface area contributed by atoms with E-state index in [-0.39, 0.29) is 0 Å². The standard InChI is InChI=1S/C8H12N2S/c1-7(9-2)3-4-8-5-10-6-11-8/h3-7,9H,1-2H3/b4-3+. The zero-order valence-electron chi connectivity index (χ0n) is 6.74. The van der Waals surface area contributed by atoms with Crippen LogP contribution in [0.25, 0.3) is 6.08 Å². The van der Waals surface area contributed by atoms with E-state index in [1.165, 1.54) is 4.88 Å². The summed E-state index contributed by atoms with van der Waals surface area (Å²) in [5.41, 5.74) is 1.84. The molecular formula is C8H12N2S. The first-order valence-electron chi connectivity index (χ1n) is 3.57. The smallest absolute Gasteiger partial charge is 0.0797 e. The van der Waals surface area contributed by atoms with Crippen LogP contribution in [0.15, 0.2) is 17.8 Å². The molecule has 1 rings (SSSR count). The molecule has 60 valence electrons. The van der Waals surface area contributed by atoms with Gasteiger partial charge < -0.3 is 5.32 Å². The first kappa shape index (κ1) is 8.43. The number of nitrogens with zero attached hydrogens (tertiary/aromatic N) is 1. The normalized spacial score (nSPS) is 14.0. The summed E-state index contributed by atoms with van der Waals surface area (Å²) in [7, 11) is 1.95. The lowest BCUT2D eigenvalue weighted by atomic mass is 10.3. The quantitative estimate of drug-likeness (QED) is 0.744. The molecule has 0 saturated heterocycles. The van der Waals surface area contributed by atoms with Crippen molar-refractivity contribution in [1.29, 1.82) is 0 Å². The van der Waals surface area contributed by atoms with Gasteiger partial charge in [-0.15, -0.1) is 11.3 Å². The highest BCUT2D eigenvalue weighted by molar-refractivity contribution is 7.10. The average molecular weight is 168 g/mol. The SMILES string of the molecule is CNC(C)/C=C/c1cncs1. The van der Waals surface area contributed by atoms with Gasteiger partial charge in [-0.2, -0.15) is 0 Å². The van der Waals surface area contributed by atoms with E-state index < -0.39 is 0 Å². The number of hydrogen-bond donors (Lipinski definition) is 1. The Bertz CT molecular complexity index is 216. The Morgan fingerprint density at radius 3 is 3.09 bits per heavy atom. The lowest BCUT2D eigenvalue weighted by Crippen LogP contribution is -2.17. The lowest BCUT2D eigenvalue weighted by Gasteiger charge is -2.00. The Morgan fingerprint density at radius 1 is 1.73 bits per heavy atom. The van der Waals surface area contributed by atoms with Crippen molar-refractivity contribution < 1.29 is 0 Å². The van der Waals surface area contributed by atoms with Crippen molar-refractivity contribution in [2.75, 3.05) is 7.05 Å². The largest absolute Gasteiger partial charge is 0.314 e. The molecule has 0 amide bonds. The van der Waals surface area contributed by atoms with Crippen molar-refractivity contribution >= 4 is 17.4 Å². The molecule has 1 aromatic rings. The van der Waals surface area contributed by atoms with Gasteiger partial charge in [-0.05, 0) is 20.0 Å². The zero-order valence-corrected chi connectivity index (χ0v) is 7.56. The molecule has 11 heavy (non-hydrogen) atoms. The average Bonchev–Trinajstić information content (AvgIpc) is 2.52. The first-order valence-corrected chi connectivity index (χ1v) is 4.45. The number of nitrogens with one attached hydrogen (secondary N) is 1. The minimum atomic E-state index is 0.428. The van der Waals surface area contributed by atoms with Crippen LogP contribution in [0.2, 0.25) is 0 Å². The molecular weight excluding hydrogens is 156 g/mol. The third kappa shape index (κ3) is 2.82. The minimum absolute atomic E-state index is 0.428. The summed E-state index contributed by atoms with van der Waals surface area (Å²) < 4.78 is 0. The molecule has 2 nitrogen and oxygen atoms in total. The fourth-order valence-electron chi connectivity index (χ4n) is 0.643. The van der Waals surface area contributed by atoms with Crippen LogP contribution in [-0.4, -0.2) is 18.1 Å². The molecule has 1 atom stereocenters. The van der Waals surface area contributed by atoms with Crippen molar-refractivity contribution in [3.8, 4) is 0 Å². The second-order valence-electron chi connectivity index (χ2n) is 2.34. The number of hydrogen-bond acceptors (Lipinski definition) is 3. The fraction of sp³-hybridized carbons (Fsp3) is 0.375. The van der Waals surface area contributed by atoms with Crippen molar-refractivity contribution in [2.45, 2.75) is 13.0 Å². The molecule has 0 bridgehead atoms. The van der Waals surface area contributed by atoms with E-state index in [2.05, 4.69) is 29.4 Å². The van der Waals surface area contributed by atoms with Gasteiger partial charge in [-0.25, -0.2) is 0 Å².